The average molecular weight is 283 g/mol. The lowest BCUT2D eigenvalue weighted by atomic mass is 9.90. The van der Waals surface area contributed by atoms with Crippen molar-refractivity contribution in [1.29, 1.82) is 5.26 Å². The molecular formula is C15H17N5O. The summed E-state index contributed by atoms with van der Waals surface area (Å²) in [5.41, 5.74) is 1.39. The quantitative estimate of drug-likeness (QED) is 0.882. The van der Waals surface area contributed by atoms with Crippen LogP contribution in [0, 0.1) is 11.3 Å². The number of rotatable bonds is 3. The zero-order valence-electron chi connectivity index (χ0n) is 11.7. The lowest BCUT2D eigenvalue weighted by Gasteiger charge is -2.38. The van der Waals surface area contributed by atoms with Crippen molar-refractivity contribution in [1.82, 2.24) is 20.3 Å². The Morgan fingerprint density at radius 1 is 1.48 bits per heavy atom. The monoisotopic (exact) mass is 283 g/mol. The first-order valence-corrected chi connectivity index (χ1v) is 7.00. The van der Waals surface area contributed by atoms with Gasteiger partial charge in [-0.05, 0) is 37.1 Å². The minimum absolute atomic E-state index is 0.524. The van der Waals surface area contributed by atoms with Gasteiger partial charge in [-0.3, -0.25) is 4.90 Å². The van der Waals surface area contributed by atoms with Crippen LogP contribution in [-0.4, -0.2) is 38.5 Å². The Balaban J connectivity index is 1.73. The summed E-state index contributed by atoms with van der Waals surface area (Å²) in [6.45, 7) is 2.17. The molecular weight excluding hydrogens is 266 g/mol. The van der Waals surface area contributed by atoms with E-state index in [0.717, 1.165) is 25.1 Å². The van der Waals surface area contributed by atoms with Crippen LogP contribution in [-0.2, 0) is 12.1 Å². The molecule has 1 unspecified atom stereocenters. The van der Waals surface area contributed by atoms with Crippen LogP contribution in [0.1, 0.15) is 29.7 Å². The van der Waals surface area contributed by atoms with Crippen LogP contribution in [0.15, 0.2) is 30.5 Å². The number of likely N-dealkylation sites (tertiary alicyclic amines) is 1. The lowest BCUT2D eigenvalue weighted by Crippen LogP contribution is -2.45. The lowest BCUT2D eigenvalue weighted by molar-refractivity contribution is -0.0414. The molecule has 1 aliphatic rings. The van der Waals surface area contributed by atoms with Crippen LogP contribution >= 0.6 is 0 Å². The first-order chi connectivity index (χ1) is 10.2. The molecule has 0 radical (unpaired) electrons. The number of H-pyrrole nitrogens is 1. The van der Waals surface area contributed by atoms with Gasteiger partial charge in [0.25, 0.3) is 0 Å². The maximum absolute atomic E-state index is 10.8. The predicted molar refractivity (Wildman–Crippen MR) is 75.9 cm³/mol. The van der Waals surface area contributed by atoms with E-state index >= 15 is 0 Å². The highest BCUT2D eigenvalue weighted by Crippen LogP contribution is 2.30. The summed E-state index contributed by atoms with van der Waals surface area (Å²) in [5.74, 6) is 0. The smallest absolute Gasteiger partial charge is 0.123 e. The SMILES string of the molecule is N#Cc1cccc(CN2CCCC(O)(c3cn[nH]n3)C2)c1. The fraction of sp³-hybridized carbons (Fsp3) is 0.400. The zero-order valence-corrected chi connectivity index (χ0v) is 11.7. The third kappa shape index (κ3) is 2.94. The van der Waals surface area contributed by atoms with Crippen LogP contribution in [0.3, 0.4) is 0 Å². The van der Waals surface area contributed by atoms with Crippen LogP contribution in [0.5, 0.6) is 0 Å². The number of hydrogen-bond donors (Lipinski definition) is 2. The van der Waals surface area contributed by atoms with E-state index in [1.807, 2.05) is 18.2 Å². The second kappa shape index (κ2) is 5.64. The summed E-state index contributed by atoms with van der Waals surface area (Å²) in [7, 11) is 0. The van der Waals surface area contributed by atoms with Gasteiger partial charge in [0, 0.05) is 13.1 Å². The van der Waals surface area contributed by atoms with E-state index in [1.165, 1.54) is 0 Å². The van der Waals surface area contributed by atoms with E-state index in [9.17, 15) is 5.11 Å². The van der Waals surface area contributed by atoms with Crippen molar-refractivity contribution in [3.8, 4) is 6.07 Å². The molecule has 1 aromatic carbocycles. The molecule has 6 heteroatoms. The van der Waals surface area contributed by atoms with Crippen molar-refractivity contribution in [2.75, 3.05) is 13.1 Å². The number of aromatic amines is 1. The van der Waals surface area contributed by atoms with Gasteiger partial charge in [0.05, 0.1) is 17.8 Å². The van der Waals surface area contributed by atoms with Gasteiger partial charge in [-0.1, -0.05) is 12.1 Å². The molecule has 0 amide bonds. The van der Waals surface area contributed by atoms with Crippen molar-refractivity contribution >= 4 is 0 Å². The molecule has 2 N–H and O–H groups in total. The van der Waals surface area contributed by atoms with Gasteiger partial charge in [-0.25, -0.2) is 0 Å². The van der Waals surface area contributed by atoms with Crippen LogP contribution in [0.25, 0.3) is 0 Å². The van der Waals surface area contributed by atoms with Crippen LogP contribution in [0.4, 0.5) is 0 Å². The molecule has 1 aliphatic heterocycles. The standard InChI is InChI=1S/C15H17N5O/c16-8-12-3-1-4-13(7-12)10-20-6-2-5-15(21,11-20)14-9-17-19-18-14/h1,3-4,7,9,21H,2,5-6,10-11H2,(H,17,18,19). The Hall–Kier alpha value is -2.23. The van der Waals surface area contributed by atoms with E-state index in [-0.39, 0.29) is 0 Å². The van der Waals surface area contributed by atoms with Crippen molar-refractivity contribution < 1.29 is 5.11 Å². The van der Waals surface area contributed by atoms with Crippen molar-refractivity contribution in [2.24, 2.45) is 0 Å². The topological polar surface area (TPSA) is 88.8 Å². The Morgan fingerprint density at radius 2 is 2.38 bits per heavy atom. The molecule has 1 fully saturated rings. The van der Waals surface area contributed by atoms with Gasteiger partial charge in [0.15, 0.2) is 0 Å². The Kier molecular flexibility index (Phi) is 3.69. The molecule has 6 nitrogen and oxygen atoms in total. The average Bonchev–Trinajstić information content (AvgIpc) is 3.03. The largest absolute Gasteiger partial charge is 0.382 e. The normalized spacial score (nSPS) is 22.9. The molecule has 0 aliphatic carbocycles. The minimum Gasteiger partial charge on any atom is -0.382 e. The van der Waals surface area contributed by atoms with Crippen LogP contribution < -0.4 is 0 Å². The van der Waals surface area contributed by atoms with Crippen LogP contribution in [0.2, 0.25) is 0 Å². The highest BCUT2D eigenvalue weighted by molar-refractivity contribution is 5.32. The number of benzene rings is 1. The number of β-amino-alcohol motifs (C(OH)–C–C–N with tert-alkyl or cyclic N) is 1. The Bertz CT molecular complexity index is 648. The number of piperidine rings is 1. The molecule has 21 heavy (non-hydrogen) atoms. The highest BCUT2D eigenvalue weighted by Gasteiger charge is 2.37. The van der Waals surface area contributed by atoms with Gasteiger partial charge in [-0.2, -0.15) is 20.7 Å². The summed E-state index contributed by atoms with van der Waals surface area (Å²) < 4.78 is 0. The predicted octanol–water partition coefficient (Wildman–Crippen LogP) is 1.16. The van der Waals surface area contributed by atoms with Crippen molar-refractivity contribution in [3.05, 3.63) is 47.3 Å². The van der Waals surface area contributed by atoms with Gasteiger partial charge in [-0.15, -0.1) is 0 Å². The third-order valence-corrected chi connectivity index (χ3v) is 3.90. The van der Waals surface area contributed by atoms with Crippen molar-refractivity contribution in [3.63, 3.8) is 0 Å². The number of nitrogens with zero attached hydrogens (tertiary/aromatic N) is 4. The van der Waals surface area contributed by atoms with E-state index in [1.54, 1.807) is 12.3 Å². The number of nitriles is 1. The summed E-state index contributed by atoms with van der Waals surface area (Å²) in [6.07, 6.45) is 3.18. The molecule has 2 heterocycles. The maximum atomic E-state index is 10.8. The van der Waals surface area contributed by atoms with Gasteiger partial charge in [0.2, 0.25) is 0 Å². The van der Waals surface area contributed by atoms with E-state index in [2.05, 4.69) is 26.4 Å². The summed E-state index contributed by atoms with van der Waals surface area (Å²) in [4.78, 5) is 2.19. The van der Waals surface area contributed by atoms with E-state index in [0.29, 0.717) is 24.2 Å². The van der Waals surface area contributed by atoms with Gasteiger partial charge in [0.1, 0.15) is 11.3 Å². The third-order valence-electron chi connectivity index (χ3n) is 3.90. The Labute approximate surface area is 123 Å². The summed E-state index contributed by atoms with van der Waals surface area (Å²) >= 11 is 0. The van der Waals surface area contributed by atoms with Gasteiger partial charge >= 0.3 is 0 Å². The molecule has 0 spiro atoms. The second-order valence-corrected chi connectivity index (χ2v) is 5.51. The first kappa shape index (κ1) is 13.7. The molecule has 1 atom stereocenters. The second-order valence-electron chi connectivity index (χ2n) is 5.51. The fourth-order valence-corrected chi connectivity index (χ4v) is 2.89. The summed E-state index contributed by atoms with van der Waals surface area (Å²) in [5, 5.41) is 30.1. The van der Waals surface area contributed by atoms with Gasteiger partial charge < -0.3 is 5.11 Å². The minimum atomic E-state index is -0.946. The first-order valence-electron chi connectivity index (χ1n) is 7.00. The highest BCUT2D eigenvalue weighted by atomic mass is 16.3. The molecule has 1 saturated heterocycles. The zero-order chi connectivity index (χ0) is 14.7. The van der Waals surface area contributed by atoms with E-state index < -0.39 is 5.60 Å². The number of hydrogen-bond acceptors (Lipinski definition) is 5. The molecule has 0 saturated carbocycles. The fourth-order valence-electron chi connectivity index (χ4n) is 2.89. The maximum Gasteiger partial charge on any atom is 0.123 e. The number of aliphatic hydroxyl groups is 1. The number of aromatic nitrogens is 3. The number of nitrogens with one attached hydrogen (secondary N) is 1. The van der Waals surface area contributed by atoms with Crippen molar-refractivity contribution in [2.45, 2.75) is 25.0 Å². The molecule has 2 aromatic rings. The molecule has 0 bridgehead atoms. The Morgan fingerprint density at radius 3 is 3.14 bits per heavy atom. The molecule has 3 rings (SSSR count). The molecule has 108 valence electrons. The van der Waals surface area contributed by atoms with E-state index in [4.69, 9.17) is 5.26 Å². The molecule has 1 aromatic heterocycles. The summed E-state index contributed by atoms with van der Waals surface area (Å²) in [6, 6.07) is 9.74.